The fraction of sp³-hybridized carbons (Fsp3) is 0.276. The summed E-state index contributed by atoms with van der Waals surface area (Å²) in [6.45, 7) is 2.36. The van der Waals surface area contributed by atoms with Gasteiger partial charge in [-0.05, 0) is 85.1 Å². The molecule has 7 heteroatoms. The molecule has 4 rings (SSSR count). The van der Waals surface area contributed by atoms with Gasteiger partial charge in [-0.25, -0.2) is 0 Å². The molecule has 3 aromatic carbocycles. The van der Waals surface area contributed by atoms with E-state index in [1.807, 2.05) is 48.5 Å². The van der Waals surface area contributed by atoms with Crippen molar-refractivity contribution in [3.8, 4) is 23.0 Å². The molecule has 3 aromatic rings. The number of phenols is 1. The van der Waals surface area contributed by atoms with Gasteiger partial charge in [-0.1, -0.05) is 36.4 Å². The normalized spacial score (nSPS) is 13.7. The molecule has 0 atom stereocenters. The highest BCUT2D eigenvalue weighted by Crippen LogP contribution is 2.27. The topological polar surface area (TPSA) is 77.0 Å². The van der Waals surface area contributed by atoms with E-state index >= 15 is 0 Å². The van der Waals surface area contributed by atoms with Crippen LogP contribution in [0.15, 0.2) is 72.8 Å². The van der Waals surface area contributed by atoms with E-state index in [2.05, 4.69) is 5.32 Å². The number of nitrogens with one attached hydrogen (secondary N) is 1. The third-order valence-corrected chi connectivity index (χ3v) is 5.95. The minimum absolute atomic E-state index is 0. The van der Waals surface area contributed by atoms with Crippen LogP contribution >= 0.6 is 12.4 Å². The predicted octanol–water partition coefficient (Wildman–Crippen LogP) is 5.36. The molecule has 1 aliphatic heterocycles. The molecule has 2 N–H and O–H groups in total. The van der Waals surface area contributed by atoms with E-state index in [-0.39, 0.29) is 36.5 Å². The van der Waals surface area contributed by atoms with Crippen molar-refractivity contribution in [2.75, 3.05) is 20.2 Å². The second-order valence-electron chi connectivity index (χ2n) is 8.50. The van der Waals surface area contributed by atoms with E-state index in [4.69, 9.17) is 14.2 Å². The van der Waals surface area contributed by atoms with Crippen molar-refractivity contribution in [1.82, 2.24) is 5.32 Å². The SMILES string of the molecule is COc1ccc(/C=C/C(=O)Cc2ccccc2COc2ccc(OC3CCNCC3)cc2)cc1O.Cl. The number of rotatable bonds is 10. The van der Waals surface area contributed by atoms with Gasteiger partial charge >= 0.3 is 0 Å². The molecule has 0 amide bonds. The molecule has 0 aromatic heterocycles. The summed E-state index contributed by atoms with van der Waals surface area (Å²) in [5, 5.41) is 13.2. The van der Waals surface area contributed by atoms with E-state index in [9.17, 15) is 9.90 Å². The number of halogens is 1. The lowest BCUT2D eigenvalue weighted by Gasteiger charge is -2.23. The second kappa shape index (κ2) is 13.6. The lowest BCUT2D eigenvalue weighted by Crippen LogP contribution is -2.34. The average Bonchev–Trinajstić information content (AvgIpc) is 2.88. The summed E-state index contributed by atoms with van der Waals surface area (Å²) < 4.78 is 17.1. The van der Waals surface area contributed by atoms with Crippen LogP contribution < -0.4 is 19.5 Å². The number of hydrogen-bond acceptors (Lipinski definition) is 6. The molecule has 0 saturated carbocycles. The van der Waals surface area contributed by atoms with Gasteiger partial charge in [-0.15, -0.1) is 12.4 Å². The number of phenolic OH excluding ortho intramolecular Hbond substituents is 1. The fourth-order valence-corrected chi connectivity index (χ4v) is 4.00. The molecule has 1 heterocycles. The first-order valence-electron chi connectivity index (χ1n) is 11.9. The highest BCUT2D eigenvalue weighted by Gasteiger charge is 2.14. The Morgan fingerprint density at radius 2 is 1.69 bits per heavy atom. The Balaban J connectivity index is 0.00000361. The second-order valence-corrected chi connectivity index (χ2v) is 8.50. The lowest BCUT2D eigenvalue weighted by atomic mass is 10.0. The third kappa shape index (κ3) is 7.77. The molecular formula is C29H32ClNO5. The molecule has 1 fully saturated rings. The van der Waals surface area contributed by atoms with Crippen LogP contribution in [0.25, 0.3) is 6.08 Å². The van der Waals surface area contributed by atoms with Gasteiger partial charge in [0.1, 0.15) is 24.2 Å². The number of piperidine rings is 1. The molecule has 6 nitrogen and oxygen atoms in total. The minimum Gasteiger partial charge on any atom is -0.504 e. The maximum atomic E-state index is 12.6. The summed E-state index contributed by atoms with van der Waals surface area (Å²) >= 11 is 0. The lowest BCUT2D eigenvalue weighted by molar-refractivity contribution is -0.113. The highest BCUT2D eigenvalue weighted by molar-refractivity contribution is 5.95. The number of allylic oxidation sites excluding steroid dienone is 1. The van der Waals surface area contributed by atoms with Gasteiger partial charge in [0, 0.05) is 6.42 Å². The first-order valence-corrected chi connectivity index (χ1v) is 11.9. The number of methoxy groups -OCH3 is 1. The Hall–Kier alpha value is -3.48. The molecule has 0 bridgehead atoms. The maximum absolute atomic E-state index is 12.6. The van der Waals surface area contributed by atoms with Crippen molar-refractivity contribution in [2.24, 2.45) is 0 Å². The zero-order chi connectivity index (χ0) is 24.5. The Morgan fingerprint density at radius 3 is 2.39 bits per heavy atom. The number of carbonyl (C=O) groups excluding carboxylic acids is 1. The Kier molecular flexibility index (Phi) is 10.2. The monoisotopic (exact) mass is 509 g/mol. The van der Waals surface area contributed by atoms with E-state index < -0.39 is 0 Å². The number of ether oxygens (including phenoxy) is 3. The summed E-state index contributed by atoms with van der Waals surface area (Å²) in [5.74, 6) is 2.00. The molecule has 1 aliphatic rings. The van der Waals surface area contributed by atoms with Gasteiger partial charge in [-0.2, -0.15) is 0 Å². The first-order chi connectivity index (χ1) is 17.1. The van der Waals surface area contributed by atoms with Crippen molar-refractivity contribution < 1.29 is 24.1 Å². The zero-order valence-corrected chi connectivity index (χ0v) is 21.1. The number of hydrogen-bond donors (Lipinski definition) is 2. The Labute approximate surface area is 218 Å². The van der Waals surface area contributed by atoms with Crippen LogP contribution in [-0.2, 0) is 17.8 Å². The number of benzene rings is 3. The summed E-state index contributed by atoms with van der Waals surface area (Å²) in [7, 11) is 1.50. The van der Waals surface area contributed by atoms with Crippen LogP contribution in [0.5, 0.6) is 23.0 Å². The fourth-order valence-electron chi connectivity index (χ4n) is 4.00. The summed E-state index contributed by atoms with van der Waals surface area (Å²) in [4.78, 5) is 12.6. The van der Waals surface area contributed by atoms with Gasteiger partial charge in [0.25, 0.3) is 0 Å². The molecule has 1 saturated heterocycles. The summed E-state index contributed by atoms with van der Waals surface area (Å²) in [6, 6.07) is 20.5. The molecule has 0 radical (unpaired) electrons. The molecule has 0 spiro atoms. The number of carbonyl (C=O) groups is 1. The van der Waals surface area contributed by atoms with Crippen LogP contribution in [0.4, 0.5) is 0 Å². The maximum Gasteiger partial charge on any atom is 0.160 e. The van der Waals surface area contributed by atoms with Gasteiger partial charge < -0.3 is 24.6 Å². The van der Waals surface area contributed by atoms with E-state index in [1.165, 1.54) is 13.2 Å². The van der Waals surface area contributed by atoms with E-state index in [0.29, 0.717) is 12.4 Å². The molecule has 190 valence electrons. The Bertz CT molecular complexity index is 1160. The quantitative estimate of drug-likeness (QED) is 0.358. The molecule has 0 unspecified atom stereocenters. The van der Waals surface area contributed by atoms with Crippen LogP contribution in [0.3, 0.4) is 0 Å². The molecular weight excluding hydrogens is 478 g/mol. The zero-order valence-electron chi connectivity index (χ0n) is 20.3. The van der Waals surface area contributed by atoms with Crippen molar-refractivity contribution in [3.63, 3.8) is 0 Å². The smallest absolute Gasteiger partial charge is 0.160 e. The van der Waals surface area contributed by atoms with Crippen LogP contribution in [0.1, 0.15) is 29.5 Å². The van der Waals surface area contributed by atoms with Gasteiger partial charge in [0.05, 0.1) is 7.11 Å². The largest absolute Gasteiger partial charge is 0.504 e. The van der Waals surface area contributed by atoms with Crippen molar-refractivity contribution in [1.29, 1.82) is 0 Å². The summed E-state index contributed by atoms with van der Waals surface area (Å²) in [6.07, 6.45) is 5.78. The average molecular weight is 510 g/mol. The van der Waals surface area contributed by atoms with E-state index in [1.54, 1.807) is 24.3 Å². The number of aromatic hydroxyl groups is 1. The first kappa shape index (κ1) is 27.1. The third-order valence-electron chi connectivity index (χ3n) is 5.95. The number of ketones is 1. The standard InChI is InChI=1S/C29H31NO5.ClH/c1-33-29-13-7-21(18-28(29)32)6-8-24(31)19-22-4-2-3-5-23(22)20-34-25-9-11-26(12-10-25)35-27-14-16-30-17-15-27;/h2-13,18,27,30,32H,14-17,19-20H2,1H3;1H/b8-6+;. The van der Waals surface area contributed by atoms with Crippen LogP contribution in [0, 0.1) is 0 Å². The highest BCUT2D eigenvalue weighted by atomic mass is 35.5. The van der Waals surface area contributed by atoms with Gasteiger partial charge in [-0.3, -0.25) is 4.79 Å². The van der Waals surface area contributed by atoms with Crippen LogP contribution in [-0.4, -0.2) is 37.2 Å². The van der Waals surface area contributed by atoms with Crippen LogP contribution in [0.2, 0.25) is 0 Å². The van der Waals surface area contributed by atoms with Crippen molar-refractivity contribution in [3.05, 3.63) is 89.5 Å². The van der Waals surface area contributed by atoms with E-state index in [0.717, 1.165) is 54.1 Å². The van der Waals surface area contributed by atoms with Crippen molar-refractivity contribution in [2.45, 2.75) is 32.0 Å². The molecule has 0 aliphatic carbocycles. The van der Waals surface area contributed by atoms with Gasteiger partial charge in [0.15, 0.2) is 17.3 Å². The predicted molar refractivity (Wildman–Crippen MR) is 143 cm³/mol. The minimum atomic E-state index is -0.0350. The van der Waals surface area contributed by atoms with Crippen molar-refractivity contribution >= 4 is 24.3 Å². The Morgan fingerprint density at radius 1 is 1.00 bits per heavy atom. The summed E-state index contributed by atoms with van der Waals surface area (Å²) in [5.41, 5.74) is 2.61. The van der Waals surface area contributed by atoms with Gasteiger partial charge in [0.2, 0.25) is 0 Å². The molecule has 36 heavy (non-hydrogen) atoms.